The standard InChI is InChI=1S/C14H22BrN3O/c1-3-4-5-6-9-18(2)11-14(19)17-13-8-7-12(15)10-16-13/h7-8,10H,3-6,9,11H2,1-2H3,(H,16,17,19). The van der Waals surface area contributed by atoms with Crippen molar-refractivity contribution in [3.05, 3.63) is 22.8 Å². The molecule has 1 rings (SSSR count). The number of amides is 1. The number of hydrogen-bond donors (Lipinski definition) is 1. The molecule has 1 aromatic rings. The topological polar surface area (TPSA) is 45.2 Å². The fraction of sp³-hybridized carbons (Fsp3) is 0.571. The summed E-state index contributed by atoms with van der Waals surface area (Å²) in [6.07, 6.45) is 6.55. The first-order valence-corrected chi connectivity index (χ1v) is 7.51. The SMILES string of the molecule is CCCCCCN(C)CC(=O)Nc1ccc(Br)cn1. The van der Waals surface area contributed by atoms with Crippen molar-refractivity contribution in [1.29, 1.82) is 0 Å². The molecule has 1 aromatic heterocycles. The van der Waals surface area contributed by atoms with Crippen LogP contribution in [0.15, 0.2) is 22.8 Å². The van der Waals surface area contributed by atoms with Crippen LogP contribution in [0.3, 0.4) is 0 Å². The van der Waals surface area contributed by atoms with E-state index in [2.05, 4.69) is 33.2 Å². The van der Waals surface area contributed by atoms with Crippen molar-refractivity contribution in [2.45, 2.75) is 32.6 Å². The lowest BCUT2D eigenvalue weighted by Crippen LogP contribution is -2.31. The number of likely N-dealkylation sites (N-methyl/N-ethyl adjacent to an activating group) is 1. The summed E-state index contributed by atoms with van der Waals surface area (Å²) in [5.74, 6) is 0.570. The maximum atomic E-state index is 11.8. The summed E-state index contributed by atoms with van der Waals surface area (Å²) in [5, 5.41) is 2.79. The number of nitrogens with zero attached hydrogens (tertiary/aromatic N) is 2. The summed E-state index contributed by atoms with van der Waals surface area (Å²) in [6.45, 7) is 3.56. The molecule has 0 radical (unpaired) electrons. The highest BCUT2D eigenvalue weighted by Crippen LogP contribution is 2.10. The largest absolute Gasteiger partial charge is 0.310 e. The summed E-state index contributed by atoms with van der Waals surface area (Å²) >= 11 is 3.31. The third kappa shape index (κ3) is 7.28. The average molecular weight is 328 g/mol. The molecular weight excluding hydrogens is 306 g/mol. The van der Waals surface area contributed by atoms with E-state index < -0.39 is 0 Å². The van der Waals surface area contributed by atoms with Crippen molar-refractivity contribution in [2.75, 3.05) is 25.5 Å². The van der Waals surface area contributed by atoms with Crippen LogP contribution in [0.1, 0.15) is 32.6 Å². The fourth-order valence-electron chi connectivity index (χ4n) is 1.76. The van der Waals surface area contributed by atoms with Gasteiger partial charge in [0.1, 0.15) is 5.82 Å². The van der Waals surface area contributed by atoms with Crippen LogP contribution in [-0.4, -0.2) is 35.9 Å². The Labute approximate surface area is 123 Å². The molecule has 0 atom stereocenters. The molecule has 0 unspecified atom stereocenters. The molecule has 5 heteroatoms. The number of pyridine rings is 1. The van der Waals surface area contributed by atoms with Crippen LogP contribution in [0.2, 0.25) is 0 Å². The number of nitrogens with one attached hydrogen (secondary N) is 1. The first-order valence-electron chi connectivity index (χ1n) is 6.71. The smallest absolute Gasteiger partial charge is 0.239 e. The fourth-order valence-corrected chi connectivity index (χ4v) is 2.00. The molecule has 0 aliphatic rings. The van der Waals surface area contributed by atoms with Crippen molar-refractivity contribution >= 4 is 27.7 Å². The molecule has 0 saturated heterocycles. The predicted octanol–water partition coefficient (Wildman–Crippen LogP) is 3.29. The van der Waals surface area contributed by atoms with Gasteiger partial charge in [-0.25, -0.2) is 4.98 Å². The van der Waals surface area contributed by atoms with Gasteiger partial charge in [-0.1, -0.05) is 26.2 Å². The lowest BCUT2D eigenvalue weighted by atomic mass is 10.2. The van der Waals surface area contributed by atoms with Crippen LogP contribution in [0.4, 0.5) is 5.82 Å². The van der Waals surface area contributed by atoms with E-state index in [1.54, 1.807) is 12.3 Å². The Bertz CT molecular complexity index is 381. The molecule has 1 N–H and O–H groups in total. The third-order valence-electron chi connectivity index (χ3n) is 2.80. The molecule has 1 amide bonds. The number of rotatable bonds is 8. The minimum absolute atomic E-state index is 0.0205. The van der Waals surface area contributed by atoms with E-state index >= 15 is 0 Å². The van der Waals surface area contributed by atoms with Crippen LogP contribution < -0.4 is 5.32 Å². The van der Waals surface area contributed by atoms with Crippen LogP contribution >= 0.6 is 15.9 Å². The zero-order valence-electron chi connectivity index (χ0n) is 11.7. The van der Waals surface area contributed by atoms with Gasteiger partial charge in [0, 0.05) is 10.7 Å². The minimum Gasteiger partial charge on any atom is -0.310 e. The molecule has 0 fully saturated rings. The maximum Gasteiger partial charge on any atom is 0.239 e. The molecule has 0 aliphatic heterocycles. The van der Waals surface area contributed by atoms with Gasteiger partial charge in [0.05, 0.1) is 6.54 Å². The third-order valence-corrected chi connectivity index (χ3v) is 3.27. The van der Waals surface area contributed by atoms with Gasteiger partial charge in [-0.3, -0.25) is 9.69 Å². The Hall–Kier alpha value is -0.940. The highest BCUT2D eigenvalue weighted by molar-refractivity contribution is 9.10. The van der Waals surface area contributed by atoms with Gasteiger partial charge in [0.25, 0.3) is 0 Å². The van der Waals surface area contributed by atoms with Crippen LogP contribution in [0, 0.1) is 0 Å². The van der Waals surface area contributed by atoms with Gasteiger partial charge >= 0.3 is 0 Å². The summed E-state index contributed by atoms with van der Waals surface area (Å²) in [4.78, 5) is 18.0. The second-order valence-electron chi connectivity index (χ2n) is 4.71. The first-order chi connectivity index (χ1) is 9.11. The number of unbranched alkanes of at least 4 members (excludes halogenated alkanes) is 3. The van der Waals surface area contributed by atoms with E-state index in [9.17, 15) is 4.79 Å². The molecule has 106 valence electrons. The van der Waals surface area contributed by atoms with Crippen molar-refractivity contribution in [3.8, 4) is 0 Å². The Morgan fingerprint density at radius 3 is 2.79 bits per heavy atom. The van der Waals surface area contributed by atoms with E-state index in [-0.39, 0.29) is 5.91 Å². The number of anilines is 1. The lowest BCUT2D eigenvalue weighted by molar-refractivity contribution is -0.117. The van der Waals surface area contributed by atoms with Gasteiger partial charge in [0.15, 0.2) is 0 Å². The monoisotopic (exact) mass is 327 g/mol. The maximum absolute atomic E-state index is 11.8. The second-order valence-corrected chi connectivity index (χ2v) is 5.62. The second kappa shape index (κ2) is 9.04. The van der Waals surface area contributed by atoms with Gasteiger partial charge < -0.3 is 5.32 Å². The number of halogens is 1. The van der Waals surface area contributed by atoms with Crippen LogP contribution in [-0.2, 0) is 4.79 Å². The van der Waals surface area contributed by atoms with Crippen LogP contribution in [0.5, 0.6) is 0 Å². The Kier molecular flexibility index (Phi) is 7.67. The van der Waals surface area contributed by atoms with Gasteiger partial charge in [0.2, 0.25) is 5.91 Å². The van der Waals surface area contributed by atoms with Crippen molar-refractivity contribution < 1.29 is 4.79 Å². The molecule has 0 spiro atoms. The van der Waals surface area contributed by atoms with Crippen molar-refractivity contribution in [2.24, 2.45) is 0 Å². The van der Waals surface area contributed by atoms with E-state index in [1.807, 2.05) is 18.0 Å². The molecule has 0 bridgehead atoms. The van der Waals surface area contributed by atoms with Crippen molar-refractivity contribution in [1.82, 2.24) is 9.88 Å². The highest BCUT2D eigenvalue weighted by Gasteiger charge is 2.07. The normalized spacial score (nSPS) is 10.7. The van der Waals surface area contributed by atoms with E-state index in [0.717, 1.165) is 17.4 Å². The number of carbonyl (C=O) groups is 1. The Morgan fingerprint density at radius 1 is 1.37 bits per heavy atom. The average Bonchev–Trinajstić information content (AvgIpc) is 2.37. The number of aromatic nitrogens is 1. The van der Waals surface area contributed by atoms with Gasteiger partial charge in [-0.2, -0.15) is 0 Å². The zero-order chi connectivity index (χ0) is 14.1. The minimum atomic E-state index is -0.0205. The number of hydrogen-bond acceptors (Lipinski definition) is 3. The van der Waals surface area contributed by atoms with Gasteiger partial charge in [-0.05, 0) is 48.1 Å². The first kappa shape index (κ1) is 16.1. The van der Waals surface area contributed by atoms with Crippen molar-refractivity contribution in [3.63, 3.8) is 0 Å². The summed E-state index contributed by atoms with van der Waals surface area (Å²) in [5.41, 5.74) is 0. The van der Waals surface area contributed by atoms with E-state index in [4.69, 9.17) is 0 Å². The molecule has 0 aromatic carbocycles. The summed E-state index contributed by atoms with van der Waals surface area (Å²) < 4.78 is 0.901. The van der Waals surface area contributed by atoms with Gasteiger partial charge in [-0.15, -0.1) is 0 Å². The predicted molar refractivity (Wildman–Crippen MR) is 82.2 cm³/mol. The molecule has 19 heavy (non-hydrogen) atoms. The lowest BCUT2D eigenvalue weighted by Gasteiger charge is -2.15. The quantitative estimate of drug-likeness (QED) is 0.745. The molecular formula is C14H22BrN3O. The summed E-state index contributed by atoms with van der Waals surface area (Å²) in [6, 6.07) is 3.64. The Morgan fingerprint density at radius 2 is 2.16 bits per heavy atom. The number of carbonyl (C=O) groups excluding carboxylic acids is 1. The highest BCUT2D eigenvalue weighted by atomic mass is 79.9. The molecule has 4 nitrogen and oxygen atoms in total. The zero-order valence-corrected chi connectivity index (χ0v) is 13.2. The van der Waals surface area contributed by atoms with Crippen LogP contribution in [0.25, 0.3) is 0 Å². The van der Waals surface area contributed by atoms with E-state index in [0.29, 0.717) is 12.4 Å². The summed E-state index contributed by atoms with van der Waals surface area (Å²) in [7, 11) is 1.97. The molecule has 0 aliphatic carbocycles. The molecule has 0 saturated carbocycles. The van der Waals surface area contributed by atoms with E-state index in [1.165, 1.54) is 19.3 Å². The Balaban J connectivity index is 2.24. The molecule has 1 heterocycles.